The Morgan fingerprint density at radius 3 is 2.26 bits per heavy atom. The first kappa shape index (κ1) is 15.7. The summed E-state index contributed by atoms with van der Waals surface area (Å²) in [5, 5.41) is 17.8. The van der Waals surface area contributed by atoms with E-state index in [9.17, 15) is 13.6 Å². The van der Waals surface area contributed by atoms with Gasteiger partial charge in [-0.2, -0.15) is 0 Å². The van der Waals surface area contributed by atoms with Crippen LogP contribution in [0.15, 0.2) is 18.2 Å². The van der Waals surface area contributed by atoms with Crippen molar-refractivity contribution >= 4 is 5.78 Å². The summed E-state index contributed by atoms with van der Waals surface area (Å²) < 4.78 is 25.9. The summed E-state index contributed by atoms with van der Waals surface area (Å²) in [4.78, 5) is 13.7. The van der Waals surface area contributed by atoms with E-state index in [4.69, 9.17) is 10.2 Å². The number of carbonyl (C=O) groups is 1. The fourth-order valence-electron chi connectivity index (χ4n) is 1.81. The molecule has 0 radical (unpaired) electrons. The summed E-state index contributed by atoms with van der Waals surface area (Å²) in [6.07, 6.45) is 0. The number of hydrogen-bond acceptors (Lipinski definition) is 4. The number of aliphatic hydroxyl groups excluding tert-OH is 2. The lowest BCUT2D eigenvalue weighted by atomic mass is 10.0. The van der Waals surface area contributed by atoms with Crippen LogP contribution in [0.25, 0.3) is 0 Å². The van der Waals surface area contributed by atoms with Crippen molar-refractivity contribution in [3.05, 3.63) is 35.4 Å². The molecule has 0 heterocycles. The highest BCUT2D eigenvalue weighted by Crippen LogP contribution is 2.13. The molecule has 0 saturated heterocycles. The Kier molecular flexibility index (Phi) is 6.01. The minimum absolute atomic E-state index is 0.0623. The van der Waals surface area contributed by atoms with E-state index in [-0.39, 0.29) is 37.6 Å². The van der Waals surface area contributed by atoms with Crippen molar-refractivity contribution in [1.82, 2.24) is 4.90 Å². The summed E-state index contributed by atoms with van der Waals surface area (Å²) in [6.45, 7) is 1.72. The molecule has 106 valence electrons. The van der Waals surface area contributed by atoms with E-state index in [1.807, 2.05) is 0 Å². The van der Waals surface area contributed by atoms with E-state index in [0.717, 1.165) is 12.1 Å². The largest absolute Gasteiger partial charge is 0.395 e. The third-order valence-corrected chi connectivity index (χ3v) is 2.91. The van der Waals surface area contributed by atoms with E-state index in [0.29, 0.717) is 0 Å². The maximum Gasteiger partial charge on any atom is 0.179 e. The van der Waals surface area contributed by atoms with Crippen molar-refractivity contribution in [3.8, 4) is 0 Å². The Hall–Kier alpha value is -1.37. The van der Waals surface area contributed by atoms with Gasteiger partial charge < -0.3 is 10.2 Å². The molecule has 6 heteroatoms. The number of nitrogens with zero attached hydrogens (tertiary/aromatic N) is 1. The monoisotopic (exact) mass is 273 g/mol. The Morgan fingerprint density at radius 1 is 1.21 bits per heavy atom. The first-order valence-corrected chi connectivity index (χ1v) is 5.96. The van der Waals surface area contributed by atoms with Gasteiger partial charge in [0.2, 0.25) is 0 Å². The maximum atomic E-state index is 13.1. The lowest BCUT2D eigenvalue weighted by molar-refractivity contribution is 0.0769. The molecule has 4 nitrogen and oxygen atoms in total. The second-order valence-electron chi connectivity index (χ2n) is 4.15. The highest BCUT2D eigenvalue weighted by atomic mass is 19.2. The molecule has 0 aromatic heterocycles. The van der Waals surface area contributed by atoms with Crippen LogP contribution in [0.4, 0.5) is 8.78 Å². The topological polar surface area (TPSA) is 60.8 Å². The van der Waals surface area contributed by atoms with Gasteiger partial charge in [-0.25, -0.2) is 8.78 Å². The molecule has 1 atom stereocenters. The van der Waals surface area contributed by atoms with Crippen molar-refractivity contribution in [2.24, 2.45) is 0 Å². The van der Waals surface area contributed by atoms with Crippen LogP contribution >= 0.6 is 0 Å². The number of Topliss-reactive ketones (excluding diaryl/α,β-unsaturated/α-hetero) is 1. The number of benzene rings is 1. The molecule has 0 spiro atoms. The first-order chi connectivity index (χ1) is 9.01. The third kappa shape index (κ3) is 4.05. The van der Waals surface area contributed by atoms with Crippen LogP contribution in [0.3, 0.4) is 0 Å². The molecular formula is C13H17F2NO3. The second kappa shape index (κ2) is 7.28. The number of rotatable bonds is 7. The van der Waals surface area contributed by atoms with Gasteiger partial charge in [0.05, 0.1) is 19.3 Å². The van der Waals surface area contributed by atoms with Crippen molar-refractivity contribution in [1.29, 1.82) is 0 Å². The number of aliphatic hydroxyl groups is 2. The average molecular weight is 273 g/mol. The third-order valence-electron chi connectivity index (χ3n) is 2.91. The normalized spacial score (nSPS) is 12.7. The maximum absolute atomic E-state index is 13.1. The van der Waals surface area contributed by atoms with Crippen LogP contribution < -0.4 is 0 Å². The van der Waals surface area contributed by atoms with Gasteiger partial charge in [-0.15, -0.1) is 0 Å². The van der Waals surface area contributed by atoms with E-state index >= 15 is 0 Å². The molecule has 0 aliphatic carbocycles. The SMILES string of the molecule is CC(C(=O)c1ccc(F)c(F)c1)N(CCO)CCO. The Balaban J connectivity index is 2.87. The summed E-state index contributed by atoms with van der Waals surface area (Å²) in [5.41, 5.74) is 0.0623. The fraction of sp³-hybridized carbons (Fsp3) is 0.462. The van der Waals surface area contributed by atoms with Crippen LogP contribution in [-0.2, 0) is 0 Å². The van der Waals surface area contributed by atoms with Crippen molar-refractivity contribution < 1.29 is 23.8 Å². The van der Waals surface area contributed by atoms with Gasteiger partial charge in [-0.05, 0) is 25.1 Å². The molecule has 2 N–H and O–H groups in total. The Labute approximate surface area is 110 Å². The fourth-order valence-corrected chi connectivity index (χ4v) is 1.81. The molecule has 1 rings (SSSR count). The van der Waals surface area contributed by atoms with Crippen LogP contribution in [0, 0.1) is 11.6 Å². The average Bonchev–Trinajstić information content (AvgIpc) is 2.40. The summed E-state index contributed by atoms with van der Waals surface area (Å²) >= 11 is 0. The van der Waals surface area contributed by atoms with Crippen LogP contribution in [0.1, 0.15) is 17.3 Å². The van der Waals surface area contributed by atoms with Crippen molar-refractivity contribution in [3.63, 3.8) is 0 Å². The second-order valence-corrected chi connectivity index (χ2v) is 4.15. The standard InChI is InChI=1S/C13H17F2NO3/c1-9(16(4-6-17)5-7-18)13(19)10-2-3-11(14)12(15)8-10/h2-3,8-9,17-18H,4-7H2,1H3. The molecule has 1 aromatic rings. The lowest BCUT2D eigenvalue weighted by Gasteiger charge is -2.26. The summed E-state index contributed by atoms with van der Waals surface area (Å²) in [6, 6.07) is 2.33. The van der Waals surface area contributed by atoms with Gasteiger partial charge in [0, 0.05) is 18.7 Å². The van der Waals surface area contributed by atoms with Gasteiger partial charge >= 0.3 is 0 Å². The quantitative estimate of drug-likeness (QED) is 0.722. The Morgan fingerprint density at radius 2 is 1.79 bits per heavy atom. The number of halogens is 2. The van der Waals surface area contributed by atoms with E-state index in [1.165, 1.54) is 6.07 Å². The van der Waals surface area contributed by atoms with Gasteiger partial charge in [-0.3, -0.25) is 9.69 Å². The molecule has 1 aromatic carbocycles. The predicted molar refractivity (Wildman–Crippen MR) is 65.9 cm³/mol. The first-order valence-electron chi connectivity index (χ1n) is 5.96. The molecule has 0 aliphatic heterocycles. The molecule has 0 amide bonds. The zero-order valence-electron chi connectivity index (χ0n) is 10.6. The van der Waals surface area contributed by atoms with E-state index < -0.39 is 17.7 Å². The van der Waals surface area contributed by atoms with E-state index in [2.05, 4.69) is 0 Å². The minimum Gasteiger partial charge on any atom is -0.395 e. The molecule has 0 saturated carbocycles. The number of carbonyl (C=O) groups excluding carboxylic acids is 1. The number of ketones is 1. The number of hydrogen-bond donors (Lipinski definition) is 2. The summed E-state index contributed by atoms with van der Waals surface area (Å²) in [5.74, 6) is -2.47. The molecule has 0 bridgehead atoms. The lowest BCUT2D eigenvalue weighted by Crippen LogP contribution is -2.42. The van der Waals surface area contributed by atoms with Gasteiger partial charge in [-0.1, -0.05) is 0 Å². The van der Waals surface area contributed by atoms with Crippen molar-refractivity contribution in [2.45, 2.75) is 13.0 Å². The van der Waals surface area contributed by atoms with Gasteiger partial charge in [0.15, 0.2) is 17.4 Å². The molecule has 1 unspecified atom stereocenters. The predicted octanol–water partition coefficient (Wildman–Crippen LogP) is 0.823. The minimum atomic E-state index is -1.08. The zero-order valence-corrected chi connectivity index (χ0v) is 10.6. The van der Waals surface area contributed by atoms with Crippen molar-refractivity contribution in [2.75, 3.05) is 26.3 Å². The van der Waals surface area contributed by atoms with Crippen LogP contribution in [-0.4, -0.2) is 53.2 Å². The molecular weight excluding hydrogens is 256 g/mol. The van der Waals surface area contributed by atoms with Crippen LogP contribution in [0.5, 0.6) is 0 Å². The highest BCUT2D eigenvalue weighted by Gasteiger charge is 2.22. The molecule has 19 heavy (non-hydrogen) atoms. The van der Waals surface area contributed by atoms with E-state index in [1.54, 1.807) is 11.8 Å². The molecule has 0 aliphatic rings. The smallest absolute Gasteiger partial charge is 0.179 e. The zero-order chi connectivity index (χ0) is 14.4. The highest BCUT2D eigenvalue weighted by molar-refractivity contribution is 5.99. The van der Waals surface area contributed by atoms with Crippen LogP contribution in [0.2, 0.25) is 0 Å². The molecule has 0 fully saturated rings. The summed E-state index contributed by atoms with van der Waals surface area (Å²) in [7, 11) is 0. The Bertz CT molecular complexity index is 434. The van der Waals surface area contributed by atoms with Gasteiger partial charge in [0.1, 0.15) is 0 Å². The van der Waals surface area contributed by atoms with Gasteiger partial charge in [0.25, 0.3) is 0 Å².